The van der Waals surface area contributed by atoms with Crippen LogP contribution in [-0.4, -0.2) is 79.8 Å². The summed E-state index contributed by atoms with van der Waals surface area (Å²) in [5, 5.41) is 57.7. The van der Waals surface area contributed by atoms with Gasteiger partial charge in [0.1, 0.15) is 27.0 Å². The van der Waals surface area contributed by atoms with Gasteiger partial charge in [0.15, 0.2) is 0 Å². The average molecular weight is 1040 g/mol. The molecule has 0 aliphatic rings. The Morgan fingerprint density at radius 3 is 1.22 bits per heavy atom. The summed E-state index contributed by atoms with van der Waals surface area (Å²) in [5.74, 6) is -2.35. The fourth-order valence-electron chi connectivity index (χ4n) is 6.88. The number of hydrogen-bond acceptors (Lipinski definition) is 20. The summed E-state index contributed by atoms with van der Waals surface area (Å²) in [6.45, 7) is 0. The molecule has 0 atom stereocenters. The van der Waals surface area contributed by atoms with E-state index >= 15 is 0 Å². The quantitative estimate of drug-likeness (QED) is 0.0497. The smallest absolute Gasteiger partial charge is 0.425 e. The number of nitrogens with zero attached hydrogens (tertiary/aromatic N) is 6. The van der Waals surface area contributed by atoms with E-state index in [2.05, 4.69) is 30.7 Å². The highest BCUT2D eigenvalue weighted by atomic mass is 32.2. The zero-order valence-electron chi connectivity index (χ0n) is 33.8. The van der Waals surface area contributed by atoms with Crippen molar-refractivity contribution in [1.82, 2.24) is 0 Å². The molecule has 0 unspecified atom stereocenters. The van der Waals surface area contributed by atoms with Crippen LogP contribution in [0.25, 0.3) is 43.1 Å². The molecule has 0 aliphatic heterocycles. The number of phenols is 3. The molecule has 29 heteroatoms. The number of benzene rings is 8. The van der Waals surface area contributed by atoms with Gasteiger partial charge in [0.05, 0.1) is 54.7 Å². The third kappa shape index (κ3) is 10.4. The maximum absolute atomic E-state index is 12.2. The molecule has 0 radical (unpaired) electrons. The Morgan fingerprint density at radius 1 is 0.362 bits per heavy atom. The van der Waals surface area contributed by atoms with Gasteiger partial charge in [-0.1, -0.05) is 36.4 Å². The number of fused-ring (bicyclic) bond motifs is 4. The van der Waals surface area contributed by atoms with Crippen LogP contribution >= 0.6 is 0 Å². The fraction of sp³-hybridized carbons (Fsp3) is 0. The van der Waals surface area contributed by atoms with Crippen LogP contribution < -0.4 is 0 Å². The highest BCUT2D eigenvalue weighted by Gasteiger charge is 2.26. The molecule has 0 bridgehead atoms. The van der Waals surface area contributed by atoms with Crippen molar-refractivity contribution >= 4 is 128 Å². The van der Waals surface area contributed by atoms with Crippen LogP contribution in [0.3, 0.4) is 0 Å². The van der Waals surface area contributed by atoms with Gasteiger partial charge < -0.3 is 15.3 Å². The van der Waals surface area contributed by atoms with E-state index in [1.165, 1.54) is 42.5 Å². The van der Waals surface area contributed by atoms with E-state index in [0.717, 1.165) is 30.3 Å². The molecule has 0 aromatic heterocycles. The van der Waals surface area contributed by atoms with E-state index in [-0.39, 0.29) is 44.7 Å². The average Bonchev–Trinajstić information content (AvgIpc) is 3.26. The van der Waals surface area contributed by atoms with Crippen LogP contribution in [-0.2, 0) is 51.1 Å². The molecule has 0 amide bonds. The van der Waals surface area contributed by atoms with Crippen LogP contribution in [0.15, 0.2) is 166 Å². The van der Waals surface area contributed by atoms with Gasteiger partial charge in [0, 0.05) is 26.9 Å². The predicted octanol–water partition coefficient (Wildman–Crippen LogP) is 8.65. The van der Waals surface area contributed by atoms with Crippen molar-refractivity contribution in [3.8, 4) is 17.2 Å². The minimum Gasteiger partial charge on any atom is -0.507 e. The molecule has 8 rings (SSSR count). The van der Waals surface area contributed by atoms with Gasteiger partial charge >= 0.3 is 10.6 Å². The van der Waals surface area contributed by atoms with E-state index in [1.54, 1.807) is 30.3 Å². The summed E-state index contributed by atoms with van der Waals surface area (Å²) < 4.78 is 162. The van der Waals surface area contributed by atoms with Crippen molar-refractivity contribution in [1.29, 1.82) is 0 Å². The molecule has 0 fully saturated rings. The van der Waals surface area contributed by atoms with E-state index in [4.69, 9.17) is 12.6 Å². The lowest BCUT2D eigenvalue weighted by Crippen LogP contribution is -2.01. The molecular formula is C40H26N6O18S5. The lowest BCUT2D eigenvalue weighted by atomic mass is 10.1. The molecule has 7 N–H and O–H groups in total. The number of aromatic hydroxyl groups is 3. The Bertz CT molecular complexity index is 4180. The van der Waals surface area contributed by atoms with Crippen molar-refractivity contribution in [3.63, 3.8) is 0 Å². The molecule has 8 aromatic rings. The Hall–Kier alpha value is -7.74. The zero-order valence-corrected chi connectivity index (χ0v) is 37.9. The first-order valence-electron chi connectivity index (χ1n) is 18.5. The second-order valence-corrected chi connectivity index (χ2v) is 20.1. The first-order chi connectivity index (χ1) is 32.2. The van der Waals surface area contributed by atoms with Crippen LogP contribution in [0.1, 0.15) is 0 Å². The van der Waals surface area contributed by atoms with Crippen LogP contribution in [0.2, 0.25) is 0 Å². The minimum absolute atomic E-state index is 0.0126. The maximum Gasteiger partial charge on any atom is 0.425 e. The predicted molar refractivity (Wildman–Crippen MR) is 242 cm³/mol. The standard InChI is InChI=1S/C40H26N6O15S4.O3S/c47-34-6-2-4-20-3-1-5-32(37(20)34)45-42-29-13-14-30(26-17-21(62(50,51)52)8-10-24(26)29)43-41-28-12-15-31(27-18-22(63(53,54)55)7-9-23(27)28)44-46-33-19-36(65(59,60)61)39(48)25-11-16-35(64(56,57)58)40(49)38(25)33;1-4(2)3/h1-19,47-49H,(H,50,51,52)(H,53,54,55)(H,56,57,58)(H,59,60,61);. The minimum atomic E-state index is -5.20. The Kier molecular flexibility index (Phi) is 13.1. The number of hydrogen-bond donors (Lipinski definition) is 7. The molecule has 0 saturated heterocycles. The largest absolute Gasteiger partial charge is 0.507 e. The molecule has 0 saturated carbocycles. The molecular weight excluding hydrogens is 1010 g/mol. The monoisotopic (exact) mass is 1040 g/mol. The lowest BCUT2D eigenvalue weighted by molar-refractivity contribution is 0.441. The van der Waals surface area contributed by atoms with Gasteiger partial charge in [0.25, 0.3) is 40.5 Å². The van der Waals surface area contributed by atoms with Crippen molar-refractivity contribution in [2.75, 3.05) is 0 Å². The molecule has 0 aliphatic carbocycles. The molecule has 0 spiro atoms. The normalized spacial score (nSPS) is 12.7. The summed E-state index contributed by atoms with van der Waals surface area (Å²) in [6.07, 6.45) is 0. The maximum atomic E-state index is 12.2. The summed E-state index contributed by atoms with van der Waals surface area (Å²) in [4.78, 5) is -3.34. The SMILES string of the molecule is O=S(=O)(O)c1ccc2c(N=Nc3cccc4cccc(O)c34)ccc(N=Nc3ccc(N=Nc4cc(S(=O)(=O)O)c(O)c5ccc(S(=O)(=O)O)c(O)c45)c4cc(S(=O)(=O)O)ccc34)c2c1.O=S(=O)=O. The van der Waals surface area contributed by atoms with Crippen LogP contribution in [0.5, 0.6) is 17.2 Å². The Labute approximate surface area is 389 Å². The third-order valence-corrected chi connectivity index (χ3v) is 13.3. The fourth-order valence-corrected chi connectivity index (χ4v) is 9.09. The van der Waals surface area contributed by atoms with Gasteiger partial charge in [-0.25, -0.2) is 0 Å². The van der Waals surface area contributed by atoms with Crippen LogP contribution in [0, 0.1) is 0 Å². The topological polar surface area (TPSA) is 404 Å². The van der Waals surface area contributed by atoms with Gasteiger partial charge in [-0.3, -0.25) is 18.2 Å². The van der Waals surface area contributed by atoms with Crippen molar-refractivity contribution in [2.24, 2.45) is 30.7 Å². The summed E-state index contributed by atoms with van der Waals surface area (Å²) >= 11 is 0. The first kappa shape index (κ1) is 49.2. The van der Waals surface area contributed by atoms with E-state index in [0.29, 0.717) is 34.0 Å². The lowest BCUT2D eigenvalue weighted by Gasteiger charge is -2.12. The van der Waals surface area contributed by atoms with Gasteiger partial charge in [0.2, 0.25) is 0 Å². The van der Waals surface area contributed by atoms with Gasteiger partial charge in [-0.05, 0) is 84.2 Å². The summed E-state index contributed by atoms with van der Waals surface area (Å²) in [5.41, 5.74) is -0.301. The molecule has 0 heterocycles. The number of azo groups is 3. The highest BCUT2D eigenvalue weighted by molar-refractivity contribution is 7.86. The molecule has 24 nitrogen and oxygen atoms in total. The Morgan fingerprint density at radius 2 is 0.768 bits per heavy atom. The van der Waals surface area contributed by atoms with Gasteiger partial charge in [-0.15, -0.1) is 43.3 Å². The summed E-state index contributed by atoms with van der Waals surface area (Å²) in [6, 6.07) is 24.3. The van der Waals surface area contributed by atoms with E-state index in [1.807, 2.05) is 0 Å². The van der Waals surface area contributed by atoms with Gasteiger partial charge in [-0.2, -0.15) is 33.7 Å². The second-order valence-electron chi connectivity index (χ2n) is 14.1. The molecule has 8 aromatic carbocycles. The zero-order chi connectivity index (χ0) is 50.4. The first-order valence-corrected chi connectivity index (χ1v) is 25.3. The van der Waals surface area contributed by atoms with Crippen molar-refractivity contribution in [2.45, 2.75) is 19.6 Å². The number of phenolic OH excluding ortho intramolecular Hbond substituents is 3. The summed E-state index contributed by atoms with van der Waals surface area (Å²) in [7, 11) is -23.0. The van der Waals surface area contributed by atoms with Crippen molar-refractivity contribution in [3.05, 3.63) is 115 Å². The highest BCUT2D eigenvalue weighted by Crippen LogP contribution is 2.46. The second kappa shape index (κ2) is 18.4. The molecule has 354 valence electrons. The van der Waals surface area contributed by atoms with Crippen molar-refractivity contribution < 1.29 is 79.8 Å². The molecule has 69 heavy (non-hydrogen) atoms. The number of rotatable bonds is 10. The van der Waals surface area contributed by atoms with Crippen LogP contribution in [0.4, 0.5) is 34.1 Å². The Balaban J connectivity index is 0.00000169. The third-order valence-electron chi connectivity index (χ3n) is 9.85. The van der Waals surface area contributed by atoms with E-state index in [9.17, 15) is 67.2 Å². The van der Waals surface area contributed by atoms with E-state index < -0.39 is 98.6 Å².